The first-order valence-corrected chi connectivity index (χ1v) is 6.37. The minimum Gasteiger partial charge on any atom is -0.493 e. The topological polar surface area (TPSA) is 58.4 Å². The van der Waals surface area contributed by atoms with Crippen LogP contribution in [0.15, 0.2) is 36.7 Å². The standard InChI is InChI=1S/C15H15N3O3/c1-19-12-7-11(8-13(20-2)14(12)21-3)18-15-10(9-17-18)5-4-6-16-15/h4-9H,1-3H3. The van der Waals surface area contributed by atoms with Crippen LogP contribution in [0.3, 0.4) is 0 Å². The lowest BCUT2D eigenvalue weighted by Gasteiger charge is -2.14. The summed E-state index contributed by atoms with van der Waals surface area (Å²) >= 11 is 0. The molecule has 0 atom stereocenters. The third-order valence-corrected chi connectivity index (χ3v) is 3.22. The van der Waals surface area contributed by atoms with E-state index in [1.54, 1.807) is 38.4 Å². The van der Waals surface area contributed by atoms with Gasteiger partial charge in [-0.2, -0.15) is 5.10 Å². The molecule has 1 aromatic carbocycles. The Hall–Kier alpha value is -2.76. The summed E-state index contributed by atoms with van der Waals surface area (Å²) in [5, 5.41) is 5.34. The fourth-order valence-corrected chi connectivity index (χ4v) is 2.24. The lowest BCUT2D eigenvalue weighted by atomic mass is 10.2. The van der Waals surface area contributed by atoms with Crippen LogP contribution < -0.4 is 14.2 Å². The van der Waals surface area contributed by atoms with Crippen LogP contribution in [0.25, 0.3) is 16.7 Å². The molecule has 0 amide bonds. The highest BCUT2D eigenvalue weighted by atomic mass is 16.5. The van der Waals surface area contributed by atoms with Gasteiger partial charge in [-0.3, -0.25) is 0 Å². The maximum absolute atomic E-state index is 5.36. The number of benzene rings is 1. The summed E-state index contributed by atoms with van der Waals surface area (Å²) in [6.07, 6.45) is 3.50. The van der Waals surface area contributed by atoms with Gasteiger partial charge >= 0.3 is 0 Å². The number of aromatic nitrogens is 3. The Morgan fingerprint density at radius 2 is 1.71 bits per heavy atom. The summed E-state index contributed by atoms with van der Waals surface area (Å²) < 4.78 is 17.8. The van der Waals surface area contributed by atoms with Crippen LogP contribution in [0, 0.1) is 0 Å². The molecule has 6 heteroatoms. The van der Waals surface area contributed by atoms with Gasteiger partial charge < -0.3 is 14.2 Å². The van der Waals surface area contributed by atoms with Crippen molar-refractivity contribution in [2.75, 3.05) is 21.3 Å². The highest BCUT2D eigenvalue weighted by Crippen LogP contribution is 2.39. The first kappa shape index (κ1) is 13.2. The van der Waals surface area contributed by atoms with Crippen LogP contribution in [0.4, 0.5) is 0 Å². The van der Waals surface area contributed by atoms with Crippen LogP contribution in [0.2, 0.25) is 0 Å². The normalized spacial score (nSPS) is 10.6. The Balaban J connectivity index is 2.23. The first-order valence-electron chi connectivity index (χ1n) is 6.37. The molecule has 0 fully saturated rings. The van der Waals surface area contributed by atoms with Crippen LogP contribution >= 0.6 is 0 Å². The SMILES string of the molecule is COc1cc(-n2ncc3cccnc32)cc(OC)c1OC. The molecule has 0 saturated heterocycles. The average Bonchev–Trinajstić information content (AvgIpc) is 2.97. The summed E-state index contributed by atoms with van der Waals surface area (Å²) in [5.41, 5.74) is 1.56. The predicted octanol–water partition coefficient (Wildman–Crippen LogP) is 2.45. The average molecular weight is 285 g/mol. The quantitative estimate of drug-likeness (QED) is 0.737. The zero-order valence-electron chi connectivity index (χ0n) is 12.0. The van der Waals surface area contributed by atoms with Gasteiger partial charge in [-0.15, -0.1) is 0 Å². The molecule has 0 N–H and O–H groups in total. The van der Waals surface area contributed by atoms with Crippen LogP contribution in [-0.2, 0) is 0 Å². The number of nitrogens with zero attached hydrogens (tertiary/aromatic N) is 3. The van der Waals surface area contributed by atoms with E-state index in [1.165, 1.54) is 0 Å². The van der Waals surface area contributed by atoms with Crippen molar-refractivity contribution < 1.29 is 14.2 Å². The first-order chi connectivity index (χ1) is 10.3. The van der Waals surface area contributed by atoms with Gasteiger partial charge in [-0.25, -0.2) is 9.67 Å². The molecule has 0 saturated carbocycles. The molecule has 2 aromatic heterocycles. The molecule has 21 heavy (non-hydrogen) atoms. The Labute approximate surface area is 121 Å². The van der Waals surface area contributed by atoms with Gasteiger partial charge in [0.1, 0.15) is 0 Å². The molecule has 2 heterocycles. The fraction of sp³-hybridized carbons (Fsp3) is 0.200. The van der Waals surface area contributed by atoms with E-state index in [2.05, 4.69) is 10.1 Å². The smallest absolute Gasteiger partial charge is 0.203 e. The summed E-state index contributed by atoms with van der Waals surface area (Å²) in [5.74, 6) is 1.70. The van der Waals surface area contributed by atoms with Crippen molar-refractivity contribution in [3.05, 3.63) is 36.7 Å². The molecule has 0 aliphatic carbocycles. The molecule has 0 spiro atoms. The molecule has 0 aliphatic rings. The Kier molecular flexibility index (Phi) is 3.35. The second-order valence-corrected chi connectivity index (χ2v) is 4.36. The Bertz CT molecular complexity index is 758. The van der Waals surface area contributed by atoms with E-state index in [0.717, 1.165) is 16.7 Å². The zero-order valence-corrected chi connectivity index (χ0v) is 12.0. The summed E-state index contributed by atoms with van der Waals surface area (Å²) in [6.45, 7) is 0. The minimum absolute atomic E-state index is 0.549. The van der Waals surface area contributed by atoms with Crippen molar-refractivity contribution in [2.45, 2.75) is 0 Å². The molecule has 108 valence electrons. The van der Waals surface area contributed by atoms with E-state index in [0.29, 0.717) is 17.2 Å². The van der Waals surface area contributed by atoms with Crippen molar-refractivity contribution in [3.63, 3.8) is 0 Å². The molecule has 3 rings (SSSR count). The molecule has 6 nitrogen and oxygen atoms in total. The maximum atomic E-state index is 5.36. The van der Waals surface area contributed by atoms with E-state index in [4.69, 9.17) is 14.2 Å². The second kappa shape index (κ2) is 5.32. The van der Waals surface area contributed by atoms with E-state index in [-0.39, 0.29) is 0 Å². The van der Waals surface area contributed by atoms with Crippen molar-refractivity contribution in [2.24, 2.45) is 0 Å². The van der Waals surface area contributed by atoms with E-state index >= 15 is 0 Å². The van der Waals surface area contributed by atoms with Crippen molar-refractivity contribution in [1.82, 2.24) is 14.8 Å². The van der Waals surface area contributed by atoms with Gasteiger partial charge in [0.2, 0.25) is 5.75 Å². The van der Waals surface area contributed by atoms with E-state index in [9.17, 15) is 0 Å². The molecule has 0 unspecified atom stereocenters. The number of methoxy groups -OCH3 is 3. The predicted molar refractivity (Wildman–Crippen MR) is 78.5 cm³/mol. The number of fused-ring (bicyclic) bond motifs is 1. The summed E-state index contributed by atoms with van der Waals surface area (Å²) in [6, 6.07) is 7.51. The summed E-state index contributed by atoms with van der Waals surface area (Å²) in [7, 11) is 4.74. The second-order valence-electron chi connectivity index (χ2n) is 4.36. The lowest BCUT2D eigenvalue weighted by Crippen LogP contribution is -2.01. The maximum Gasteiger partial charge on any atom is 0.203 e. The zero-order chi connectivity index (χ0) is 14.8. The largest absolute Gasteiger partial charge is 0.493 e. The van der Waals surface area contributed by atoms with E-state index < -0.39 is 0 Å². The van der Waals surface area contributed by atoms with Crippen molar-refractivity contribution in [3.8, 4) is 22.9 Å². The number of hydrogen-bond acceptors (Lipinski definition) is 5. The van der Waals surface area contributed by atoms with Gasteiger partial charge in [0.05, 0.1) is 33.2 Å². The van der Waals surface area contributed by atoms with E-state index in [1.807, 2.05) is 24.3 Å². The van der Waals surface area contributed by atoms with Crippen LogP contribution in [0.5, 0.6) is 17.2 Å². The van der Waals surface area contributed by atoms with Crippen LogP contribution in [-0.4, -0.2) is 36.1 Å². The Morgan fingerprint density at radius 1 is 1.00 bits per heavy atom. The van der Waals surface area contributed by atoms with Gasteiger partial charge in [-0.05, 0) is 12.1 Å². The number of hydrogen-bond donors (Lipinski definition) is 0. The highest BCUT2D eigenvalue weighted by molar-refractivity contribution is 5.76. The fourth-order valence-electron chi connectivity index (χ4n) is 2.24. The highest BCUT2D eigenvalue weighted by Gasteiger charge is 2.15. The Morgan fingerprint density at radius 3 is 2.33 bits per heavy atom. The van der Waals surface area contributed by atoms with Crippen LogP contribution in [0.1, 0.15) is 0 Å². The number of pyridine rings is 1. The number of rotatable bonds is 4. The van der Waals surface area contributed by atoms with Gasteiger partial charge in [0.25, 0.3) is 0 Å². The molecule has 0 radical (unpaired) electrons. The third kappa shape index (κ3) is 2.14. The minimum atomic E-state index is 0.549. The lowest BCUT2D eigenvalue weighted by molar-refractivity contribution is 0.324. The van der Waals surface area contributed by atoms with Gasteiger partial charge in [-0.1, -0.05) is 0 Å². The van der Waals surface area contributed by atoms with Crippen molar-refractivity contribution >= 4 is 11.0 Å². The third-order valence-electron chi connectivity index (χ3n) is 3.22. The van der Waals surface area contributed by atoms with Crippen molar-refractivity contribution in [1.29, 1.82) is 0 Å². The van der Waals surface area contributed by atoms with Gasteiger partial charge in [0.15, 0.2) is 17.1 Å². The summed E-state index contributed by atoms with van der Waals surface area (Å²) in [4.78, 5) is 4.36. The monoisotopic (exact) mass is 285 g/mol. The molecule has 0 aliphatic heterocycles. The molecule has 0 bridgehead atoms. The number of ether oxygens (including phenoxy) is 3. The molecule has 3 aromatic rings. The van der Waals surface area contributed by atoms with Gasteiger partial charge in [0, 0.05) is 23.7 Å². The molecular weight excluding hydrogens is 270 g/mol. The molecular formula is C15H15N3O3.